The summed E-state index contributed by atoms with van der Waals surface area (Å²) in [4.78, 5) is 14.7. The number of thiocarbonyl (C=S) groups is 1. The lowest BCUT2D eigenvalue weighted by Crippen LogP contribution is -2.44. The van der Waals surface area contributed by atoms with E-state index in [2.05, 4.69) is 10.6 Å². The molecule has 0 radical (unpaired) electrons. The lowest BCUT2D eigenvalue weighted by molar-refractivity contribution is 0.210. The topological polar surface area (TPSA) is 113 Å². The Morgan fingerprint density at radius 2 is 1.77 bits per heavy atom. The second-order valence-corrected chi connectivity index (χ2v) is 8.42. The summed E-state index contributed by atoms with van der Waals surface area (Å²) in [5.41, 5.74) is 3.69. The largest absolute Gasteiger partial charge is 0.493 e. The van der Waals surface area contributed by atoms with Crippen molar-refractivity contribution in [2.75, 3.05) is 60.0 Å². The highest BCUT2D eigenvalue weighted by Gasteiger charge is 2.29. The smallest absolute Gasteiger partial charge is 0.203 e. The van der Waals surface area contributed by atoms with Gasteiger partial charge in [0.25, 0.3) is 0 Å². The van der Waals surface area contributed by atoms with Gasteiger partial charge in [-0.25, -0.2) is 0 Å². The summed E-state index contributed by atoms with van der Waals surface area (Å²) in [5, 5.41) is 25.6. The molecule has 2 aromatic carbocycles. The first kappa shape index (κ1) is 26.5. The molecule has 0 aromatic heterocycles. The molecule has 0 saturated heterocycles. The van der Waals surface area contributed by atoms with Gasteiger partial charge in [0.1, 0.15) is 0 Å². The van der Waals surface area contributed by atoms with Crippen molar-refractivity contribution in [3.05, 3.63) is 45.6 Å². The van der Waals surface area contributed by atoms with Crippen molar-refractivity contribution in [3.63, 3.8) is 0 Å². The molecule has 9 nitrogen and oxygen atoms in total. The van der Waals surface area contributed by atoms with Gasteiger partial charge in [0.15, 0.2) is 16.6 Å². The standard InChI is InChI=1S/C25H33N3O6S/c1-26-19-8-6-16-17(14-20(19)31)18(27-25(35)28(9-11-29)10-12-30)7-5-15-13-21(32-2)23(33-3)24(34-4)22(15)16/h6,8,13-14,18,29-30H,5,7,9-12H2,1-4H3,(H,26,31)(H,27,35)/t18-/m0/s1. The molecule has 4 N–H and O–H groups in total. The summed E-state index contributed by atoms with van der Waals surface area (Å²) < 4.78 is 17.0. The van der Waals surface area contributed by atoms with Crippen LogP contribution in [0, 0.1) is 0 Å². The Hall–Kier alpha value is -3.08. The lowest BCUT2D eigenvalue weighted by Gasteiger charge is -2.28. The van der Waals surface area contributed by atoms with Crippen LogP contribution in [-0.4, -0.2) is 74.9 Å². The fourth-order valence-corrected chi connectivity index (χ4v) is 4.79. The summed E-state index contributed by atoms with van der Waals surface area (Å²) in [6.07, 6.45) is 1.28. The summed E-state index contributed by atoms with van der Waals surface area (Å²) in [7, 11) is 6.42. The molecule has 1 atom stereocenters. The van der Waals surface area contributed by atoms with Crippen LogP contribution in [0.2, 0.25) is 0 Å². The lowest BCUT2D eigenvalue weighted by atomic mass is 9.95. The van der Waals surface area contributed by atoms with Crippen molar-refractivity contribution < 1.29 is 24.4 Å². The Balaban J connectivity index is 2.24. The molecule has 0 amide bonds. The normalized spacial score (nSPS) is 14.2. The van der Waals surface area contributed by atoms with Gasteiger partial charge in [0.05, 0.1) is 46.3 Å². The van der Waals surface area contributed by atoms with Gasteiger partial charge < -0.3 is 40.0 Å². The number of methoxy groups -OCH3 is 3. The molecule has 0 fully saturated rings. The van der Waals surface area contributed by atoms with Crippen LogP contribution in [0.3, 0.4) is 0 Å². The van der Waals surface area contributed by atoms with Crippen molar-refractivity contribution in [1.82, 2.24) is 10.2 Å². The molecule has 2 aromatic rings. The maximum atomic E-state index is 13.0. The molecular formula is C25H33N3O6S. The van der Waals surface area contributed by atoms with Crippen LogP contribution < -0.4 is 30.3 Å². The number of fused-ring (bicyclic) bond motifs is 3. The number of benzene rings is 1. The summed E-state index contributed by atoms with van der Waals surface area (Å²) in [6, 6.07) is 6.91. The van der Waals surface area contributed by atoms with Gasteiger partial charge in [-0.1, -0.05) is 6.07 Å². The number of hydrogen-bond donors (Lipinski definition) is 4. The van der Waals surface area contributed by atoms with E-state index in [0.717, 1.165) is 22.3 Å². The predicted molar refractivity (Wildman–Crippen MR) is 140 cm³/mol. The number of anilines is 1. The third kappa shape index (κ3) is 5.44. The van der Waals surface area contributed by atoms with Crippen molar-refractivity contribution in [2.45, 2.75) is 18.9 Å². The number of hydrogen-bond acceptors (Lipinski definition) is 8. The second kappa shape index (κ2) is 12.1. The van der Waals surface area contributed by atoms with Crippen LogP contribution in [0.5, 0.6) is 17.2 Å². The zero-order chi connectivity index (χ0) is 25.5. The quantitative estimate of drug-likeness (QED) is 0.379. The molecule has 0 saturated carbocycles. The van der Waals surface area contributed by atoms with Crippen molar-refractivity contribution >= 4 is 23.0 Å². The van der Waals surface area contributed by atoms with E-state index in [-0.39, 0.29) is 37.8 Å². The molecule has 0 unspecified atom stereocenters. The SMILES string of the molecule is CNc1ccc2c(cc1=O)[C@@H](NC(=S)N(CCO)CCO)CCc1cc(OC)c(OC)c(OC)c1-2. The molecule has 0 spiro atoms. The van der Waals surface area contributed by atoms with E-state index in [4.69, 9.17) is 26.4 Å². The third-order valence-electron chi connectivity index (χ3n) is 6.13. The third-order valence-corrected chi connectivity index (χ3v) is 6.51. The molecular weight excluding hydrogens is 470 g/mol. The number of aliphatic hydroxyl groups excluding tert-OH is 2. The van der Waals surface area contributed by atoms with Crippen LogP contribution in [0.4, 0.5) is 5.69 Å². The number of nitrogens with zero attached hydrogens (tertiary/aromatic N) is 1. The average Bonchev–Trinajstić information content (AvgIpc) is 3.11. The first-order valence-electron chi connectivity index (χ1n) is 11.4. The first-order valence-corrected chi connectivity index (χ1v) is 11.8. The van der Waals surface area contributed by atoms with Crippen molar-refractivity contribution in [3.8, 4) is 28.4 Å². The Morgan fingerprint density at radius 3 is 2.34 bits per heavy atom. The van der Waals surface area contributed by atoms with Crippen molar-refractivity contribution in [1.29, 1.82) is 0 Å². The molecule has 0 aliphatic heterocycles. The summed E-state index contributed by atoms with van der Waals surface area (Å²) in [5.74, 6) is 1.56. The van der Waals surface area contributed by atoms with Gasteiger partial charge in [-0.15, -0.1) is 0 Å². The fraction of sp³-hybridized carbons (Fsp3) is 0.440. The van der Waals surface area contributed by atoms with Gasteiger partial charge in [-0.3, -0.25) is 4.79 Å². The minimum atomic E-state index is -0.309. The van der Waals surface area contributed by atoms with Crippen LogP contribution in [0.25, 0.3) is 11.1 Å². The fourth-order valence-electron chi connectivity index (χ4n) is 4.47. The van der Waals surface area contributed by atoms with E-state index in [1.54, 1.807) is 45.4 Å². The molecule has 0 bridgehead atoms. The molecule has 35 heavy (non-hydrogen) atoms. The highest BCUT2D eigenvalue weighted by molar-refractivity contribution is 7.80. The van der Waals surface area contributed by atoms with Crippen LogP contribution in [0.15, 0.2) is 29.1 Å². The van der Waals surface area contributed by atoms with E-state index in [1.807, 2.05) is 12.1 Å². The van der Waals surface area contributed by atoms with Crippen molar-refractivity contribution in [2.24, 2.45) is 0 Å². The Kier molecular flexibility index (Phi) is 9.13. The monoisotopic (exact) mass is 503 g/mol. The maximum Gasteiger partial charge on any atom is 0.203 e. The highest BCUT2D eigenvalue weighted by atomic mass is 32.1. The van der Waals surface area contributed by atoms with Crippen LogP contribution >= 0.6 is 12.2 Å². The highest BCUT2D eigenvalue weighted by Crippen LogP contribution is 2.50. The number of rotatable bonds is 9. The minimum absolute atomic E-state index is 0.101. The number of ether oxygens (including phenoxy) is 3. The predicted octanol–water partition coefficient (Wildman–Crippen LogP) is 1.93. The number of nitrogens with one attached hydrogen (secondary N) is 2. The van der Waals surface area contributed by atoms with Crippen LogP contribution in [-0.2, 0) is 6.42 Å². The second-order valence-electron chi connectivity index (χ2n) is 8.03. The van der Waals surface area contributed by atoms with Gasteiger partial charge in [0.2, 0.25) is 11.2 Å². The molecule has 1 aliphatic rings. The van der Waals surface area contributed by atoms with E-state index in [1.165, 1.54) is 0 Å². The van der Waals surface area contributed by atoms with Gasteiger partial charge in [-0.2, -0.15) is 0 Å². The van der Waals surface area contributed by atoms with Gasteiger partial charge in [0, 0.05) is 25.7 Å². The molecule has 3 rings (SSSR count). The zero-order valence-electron chi connectivity index (χ0n) is 20.5. The molecule has 190 valence electrons. The first-order chi connectivity index (χ1) is 16.9. The molecule has 10 heteroatoms. The Morgan fingerprint density at radius 1 is 1.09 bits per heavy atom. The Bertz CT molecular complexity index is 1120. The minimum Gasteiger partial charge on any atom is -0.493 e. The summed E-state index contributed by atoms with van der Waals surface area (Å²) >= 11 is 5.62. The number of aliphatic hydroxyl groups is 2. The van der Waals surface area contributed by atoms with E-state index in [0.29, 0.717) is 40.9 Å². The van der Waals surface area contributed by atoms with E-state index in [9.17, 15) is 15.0 Å². The number of aryl methyl sites for hydroxylation is 1. The van der Waals surface area contributed by atoms with Gasteiger partial charge >= 0.3 is 0 Å². The summed E-state index contributed by atoms with van der Waals surface area (Å²) in [6.45, 7) is 0.369. The van der Waals surface area contributed by atoms with Crippen LogP contribution in [0.1, 0.15) is 23.6 Å². The van der Waals surface area contributed by atoms with E-state index >= 15 is 0 Å². The molecule has 0 heterocycles. The molecule has 1 aliphatic carbocycles. The van der Waals surface area contributed by atoms with Gasteiger partial charge in [-0.05, 0) is 59.9 Å². The maximum absolute atomic E-state index is 13.0. The van der Waals surface area contributed by atoms with E-state index < -0.39 is 0 Å². The average molecular weight is 504 g/mol. The zero-order valence-corrected chi connectivity index (χ0v) is 21.3. The Labute approximate surface area is 210 Å².